The highest BCUT2D eigenvalue weighted by Gasteiger charge is 2.19. The van der Waals surface area contributed by atoms with E-state index in [4.69, 9.17) is 0 Å². The first-order valence-electron chi connectivity index (χ1n) is 5.42. The van der Waals surface area contributed by atoms with Crippen LogP contribution in [0.2, 0.25) is 0 Å². The van der Waals surface area contributed by atoms with Crippen molar-refractivity contribution >= 4 is 23.2 Å². The molecule has 1 heterocycles. The van der Waals surface area contributed by atoms with E-state index in [9.17, 15) is 9.59 Å². The minimum absolute atomic E-state index is 0.108. The van der Waals surface area contributed by atoms with Gasteiger partial charge in [-0.15, -0.1) is 11.3 Å². The largest absolute Gasteiger partial charge is 0.347 e. The van der Waals surface area contributed by atoms with Crippen LogP contribution in [0.4, 0.5) is 0 Å². The molecular weight excluding hydrogens is 236 g/mol. The van der Waals surface area contributed by atoms with Crippen LogP contribution in [0.15, 0.2) is 6.07 Å². The highest BCUT2D eigenvalue weighted by atomic mass is 32.1. The Balaban J connectivity index is 2.73. The van der Waals surface area contributed by atoms with Crippen molar-refractivity contribution < 1.29 is 9.59 Å². The molecule has 94 valence electrons. The molecule has 1 atom stereocenters. The van der Waals surface area contributed by atoms with Crippen LogP contribution >= 0.6 is 11.3 Å². The van der Waals surface area contributed by atoms with Crippen LogP contribution in [-0.2, 0) is 4.79 Å². The standard InChI is InChI=1S/C12H18N2O2S/c1-7-6-10(9(3)17-7)11(15)13-8(2)12(16)14(4)5/h6,8H,1-5H3,(H,13,15). The van der Waals surface area contributed by atoms with Gasteiger partial charge in [0, 0.05) is 23.8 Å². The van der Waals surface area contributed by atoms with E-state index in [2.05, 4.69) is 5.32 Å². The molecule has 4 nitrogen and oxygen atoms in total. The van der Waals surface area contributed by atoms with E-state index in [0.717, 1.165) is 9.75 Å². The summed E-state index contributed by atoms with van der Waals surface area (Å²) in [6, 6.07) is 1.35. The lowest BCUT2D eigenvalue weighted by molar-refractivity contribution is -0.130. The number of rotatable bonds is 3. The van der Waals surface area contributed by atoms with Crippen molar-refractivity contribution in [3.8, 4) is 0 Å². The Morgan fingerprint density at radius 2 is 1.94 bits per heavy atom. The SMILES string of the molecule is Cc1cc(C(=O)NC(C)C(=O)N(C)C)c(C)s1. The maximum absolute atomic E-state index is 11.9. The summed E-state index contributed by atoms with van der Waals surface area (Å²) in [5, 5.41) is 2.71. The van der Waals surface area contributed by atoms with E-state index in [1.165, 1.54) is 4.90 Å². The van der Waals surface area contributed by atoms with Crippen LogP contribution in [0.5, 0.6) is 0 Å². The molecule has 0 radical (unpaired) electrons. The Morgan fingerprint density at radius 1 is 1.35 bits per heavy atom. The topological polar surface area (TPSA) is 49.4 Å². The third-order valence-corrected chi connectivity index (χ3v) is 3.41. The Labute approximate surface area is 106 Å². The highest BCUT2D eigenvalue weighted by Crippen LogP contribution is 2.20. The Bertz CT molecular complexity index is 438. The number of amides is 2. The van der Waals surface area contributed by atoms with Gasteiger partial charge in [0.1, 0.15) is 6.04 Å². The highest BCUT2D eigenvalue weighted by molar-refractivity contribution is 7.12. The molecule has 1 rings (SSSR count). The third kappa shape index (κ3) is 3.30. The predicted molar refractivity (Wildman–Crippen MR) is 69.4 cm³/mol. The summed E-state index contributed by atoms with van der Waals surface area (Å²) in [5.41, 5.74) is 0.658. The number of hydrogen-bond donors (Lipinski definition) is 1. The van der Waals surface area contributed by atoms with Gasteiger partial charge >= 0.3 is 0 Å². The van der Waals surface area contributed by atoms with Gasteiger partial charge in [-0.2, -0.15) is 0 Å². The lowest BCUT2D eigenvalue weighted by Crippen LogP contribution is -2.44. The van der Waals surface area contributed by atoms with Gasteiger partial charge in [-0.1, -0.05) is 0 Å². The summed E-state index contributed by atoms with van der Waals surface area (Å²) >= 11 is 1.58. The molecular formula is C12H18N2O2S. The van der Waals surface area contributed by atoms with Gasteiger partial charge in [0.2, 0.25) is 5.91 Å². The lowest BCUT2D eigenvalue weighted by Gasteiger charge is -2.17. The zero-order valence-corrected chi connectivity index (χ0v) is 11.6. The zero-order valence-electron chi connectivity index (χ0n) is 10.8. The molecule has 0 aromatic carbocycles. The fraction of sp³-hybridized carbons (Fsp3) is 0.500. The summed E-state index contributed by atoms with van der Waals surface area (Å²) < 4.78 is 0. The maximum Gasteiger partial charge on any atom is 0.253 e. The van der Waals surface area contributed by atoms with Crippen LogP contribution in [0, 0.1) is 13.8 Å². The first kappa shape index (κ1) is 13.7. The average molecular weight is 254 g/mol. The molecule has 0 saturated heterocycles. The minimum Gasteiger partial charge on any atom is -0.347 e. The van der Waals surface area contributed by atoms with Gasteiger partial charge in [-0.3, -0.25) is 9.59 Å². The normalized spacial score (nSPS) is 12.1. The number of hydrogen-bond acceptors (Lipinski definition) is 3. The molecule has 1 unspecified atom stereocenters. The Kier molecular flexibility index (Phi) is 4.28. The lowest BCUT2D eigenvalue weighted by atomic mass is 10.2. The second-order valence-corrected chi connectivity index (χ2v) is 5.72. The summed E-state index contributed by atoms with van der Waals surface area (Å²) in [7, 11) is 3.34. The van der Waals surface area contributed by atoms with Crippen molar-refractivity contribution in [1.82, 2.24) is 10.2 Å². The number of nitrogens with one attached hydrogen (secondary N) is 1. The van der Waals surface area contributed by atoms with Gasteiger partial charge in [0.25, 0.3) is 5.91 Å². The fourth-order valence-corrected chi connectivity index (χ4v) is 2.50. The Morgan fingerprint density at radius 3 is 2.35 bits per heavy atom. The molecule has 2 amide bonds. The van der Waals surface area contributed by atoms with Crippen molar-refractivity contribution in [1.29, 1.82) is 0 Å². The number of likely N-dealkylation sites (N-methyl/N-ethyl adjacent to an activating group) is 1. The van der Waals surface area contributed by atoms with Gasteiger partial charge in [0.05, 0.1) is 5.56 Å². The fourth-order valence-electron chi connectivity index (χ4n) is 1.58. The average Bonchev–Trinajstić information content (AvgIpc) is 2.56. The second kappa shape index (κ2) is 5.31. The van der Waals surface area contributed by atoms with Crippen molar-refractivity contribution in [3.05, 3.63) is 21.4 Å². The van der Waals surface area contributed by atoms with Crippen molar-refractivity contribution in [2.45, 2.75) is 26.8 Å². The van der Waals surface area contributed by atoms with E-state index in [1.54, 1.807) is 32.4 Å². The van der Waals surface area contributed by atoms with Crippen LogP contribution in [0.1, 0.15) is 27.0 Å². The number of carbonyl (C=O) groups is 2. The Hall–Kier alpha value is -1.36. The quantitative estimate of drug-likeness (QED) is 0.890. The van der Waals surface area contributed by atoms with Crippen molar-refractivity contribution in [2.24, 2.45) is 0 Å². The molecule has 0 aliphatic carbocycles. The third-order valence-electron chi connectivity index (χ3n) is 2.44. The molecule has 1 N–H and O–H groups in total. The van der Waals surface area contributed by atoms with Crippen LogP contribution in [-0.4, -0.2) is 36.9 Å². The summed E-state index contributed by atoms with van der Waals surface area (Å²) in [4.78, 5) is 27.1. The van der Waals surface area contributed by atoms with Crippen LogP contribution in [0.3, 0.4) is 0 Å². The van der Waals surface area contributed by atoms with E-state index in [-0.39, 0.29) is 11.8 Å². The summed E-state index contributed by atoms with van der Waals surface area (Å²) in [6.07, 6.45) is 0. The maximum atomic E-state index is 11.9. The molecule has 0 aliphatic rings. The summed E-state index contributed by atoms with van der Waals surface area (Å²) in [5.74, 6) is -0.294. The first-order chi connectivity index (χ1) is 7.82. The van der Waals surface area contributed by atoms with E-state index in [0.29, 0.717) is 5.56 Å². The number of nitrogens with zero attached hydrogens (tertiary/aromatic N) is 1. The number of carbonyl (C=O) groups excluding carboxylic acids is 2. The first-order valence-corrected chi connectivity index (χ1v) is 6.23. The summed E-state index contributed by atoms with van der Waals surface area (Å²) in [6.45, 7) is 5.56. The molecule has 1 aromatic rings. The molecule has 5 heteroatoms. The molecule has 1 aromatic heterocycles. The molecule has 0 fully saturated rings. The van der Waals surface area contributed by atoms with Crippen LogP contribution in [0.25, 0.3) is 0 Å². The van der Waals surface area contributed by atoms with Crippen molar-refractivity contribution in [2.75, 3.05) is 14.1 Å². The molecule has 0 bridgehead atoms. The minimum atomic E-state index is -0.503. The molecule has 17 heavy (non-hydrogen) atoms. The second-order valence-electron chi connectivity index (χ2n) is 4.25. The van der Waals surface area contributed by atoms with E-state index >= 15 is 0 Å². The van der Waals surface area contributed by atoms with Gasteiger partial charge < -0.3 is 10.2 Å². The van der Waals surface area contributed by atoms with Gasteiger partial charge in [0.15, 0.2) is 0 Å². The van der Waals surface area contributed by atoms with Crippen LogP contribution < -0.4 is 5.32 Å². The monoisotopic (exact) mass is 254 g/mol. The van der Waals surface area contributed by atoms with E-state index in [1.807, 2.05) is 19.9 Å². The van der Waals surface area contributed by atoms with Gasteiger partial charge in [-0.05, 0) is 26.8 Å². The molecule has 0 aliphatic heterocycles. The zero-order chi connectivity index (χ0) is 13.2. The van der Waals surface area contributed by atoms with E-state index < -0.39 is 6.04 Å². The smallest absolute Gasteiger partial charge is 0.253 e. The molecule has 0 spiro atoms. The molecule has 0 saturated carbocycles. The number of aryl methyl sites for hydroxylation is 2. The number of thiophene rings is 1. The van der Waals surface area contributed by atoms with Gasteiger partial charge in [-0.25, -0.2) is 0 Å². The van der Waals surface area contributed by atoms with Crippen molar-refractivity contribution in [3.63, 3.8) is 0 Å². The predicted octanol–water partition coefficient (Wildman–Crippen LogP) is 1.57.